The molecule has 1 aromatic carbocycles. The fraction of sp³-hybridized carbons (Fsp3) is 0.211. The highest BCUT2D eigenvalue weighted by atomic mass is 16.5. The van der Waals surface area contributed by atoms with Crippen molar-refractivity contribution in [3.8, 4) is 5.75 Å². The van der Waals surface area contributed by atoms with E-state index in [9.17, 15) is 14.4 Å². The summed E-state index contributed by atoms with van der Waals surface area (Å²) in [4.78, 5) is 42.7. The van der Waals surface area contributed by atoms with Crippen LogP contribution in [0.15, 0.2) is 39.9 Å². The zero-order valence-corrected chi connectivity index (χ0v) is 13.8. The van der Waals surface area contributed by atoms with E-state index in [-0.39, 0.29) is 23.3 Å². The molecular formula is C19H16N2O4. The molecule has 0 radical (unpaired) electrons. The lowest BCUT2D eigenvalue weighted by Crippen LogP contribution is -2.31. The van der Waals surface area contributed by atoms with Crippen molar-refractivity contribution in [3.05, 3.63) is 73.4 Å². The number of nitrogens with one attached hydrogen (secondary N) is 2. The fourth-order valence-electron chi connectivity index (χ4n) is 3.44. The van der Waals surface area contributed by atoms with Gasteiger partial charge < -0.3 is 14.7 Å². The summed E-state index contributed by atoms with van der Waals surface area (Å²) in [5.74, 6) is -0.855. The highest BCUT2D eigenvalue weighted by molar-refractivity contribution is 5.83. The van der Waals surface area contributed by atoms with Gasteiger partial charge in [-0.2, -0.15) is 0 Å². The molecule has 25 heavy (non-hydrogen) atoms. The molecule has 1 unspecified atom stereocenters. The SMILES string of the molecule is Cc1cc2c(c(=O)[nH]1)C(c1cc3cccc(C)c3[nH]c1=O)CC(=O)O2. The molecule has 1 aliphatic rings. The average molecular weight is 336 g/mol. The van der Waals surface area contributed by atoms with Crippen molar-refractivity contribution in [3.63, 3.8) is 0 Å². The van der Waals surface area contributed by atoms with E-state index in [0.29, 0.717) is 16.8 Å². The summed E-state index contributed by atoms with van der Waals surface area (Å²) in [6, 6.07) is 9.08. The Balaban J connectivity index is 1.99. The number of para-hydroxylation sites is 1. The predicted molar refractivity (Wildman–Crippen MR) is 93.2 cm³/mol. The summed E-state index contributed by atoms with van der Waals surface area (Å²) in [6.45, 7) is 3.63. The Morgan fingerprint density at radius 2 is 1.84 bits per heavy atom. The molecule has 0 saturated heterocycles. The molecule has 0 amide bonds. The van der Waals surface area contributed by atoms with Crippen molar-refractivity contribution < 1.29 is 9.53 Å². The molecule has 1 aliphatic heterocycles. The van der Waals surface area contributed by atoms with Crippen LogP contribution in [0, 0.1) is 13.8 Å². The molecule has 126 valence electrons. The second-order valence-corrected chi connectivity index (χ2v) is 6.38. The van der Waals surface area contributed by atoms with Gasteiger partial charge in [-0.15, -0.1) is 0 Å². The molecule has 0 fully saturated rings. The number of fused-ring (bicyclic) bond motifs is 2. The van der Waals surface area contributed by atoms with Crippen LogP contribution in [-0.4, -0.2) is 15.9 Å². The molecule has 2 N–H and O–H groups in total. The van der Waals surface area contributed by atoms with E-state index in [1.165, 1.54) is 0 Å². The minimum Gasteiger partial charge on any atom is -0.426 e. The Kier molecular flexibility index (Phi) is 3.35. The van der Waals surface area contributed by atoms with Gasteiger partial charge >= 0.3 is 5.97 Å². The first-order valence-corrected chi connectivity index (χ1v) is 8.01. The van der Waals surface area contributed by atoms with Crippen molar-refractivity contribution in [1.29, 1.82) is 0 Å². The van der Waals surface area contributed by atoms with Crippen molar-refractivity contribution in [2.75, 3.05) is 0 Å². The lowest BCUT2D eigenvalue weighted by atomic mass is 9.87. The van der Waals surface area contributed by atoms with Gasteiger partial charge in [0.25, 0.3) is 11.1 Å². The molecule has 3 aromatic rings. The van der Waals surface area contributed by atoms with Crippen LogP contribution >= 0.6 is 0 Å². The van der Waals surface area contributed by atoms with Crippen LogP contribution in [0.3, 0.4) is 0 Å². The largest absolute Gasteiger partial charge is 0.426 e. The number of pyridine rings is 2. The topological polar surface area (TPSA) is 92.0 Å². The smallest absolute Gasteiger partial charge is 0.312 e. The van der Waals surface area contributed by atoms with E-state index in [0.717, 1.165) is 16.5 Å². The van der Waals surface area contributed by atoms with E-state index in [2.05, 4.69) is 9.97 Å². The van der Waals surface area contributed by atoms with Crippen LogP contribution in [0.2, 0.25) is 0 Å². The Hall–Kier alpha value is -3.15. The quantitative estimate of drug-likeness (QED) is 0.667. The van der Waals surface area contributed by atoms with Crippen LogP contribution in [0.4, 0.5) is 0 Å². The number of aryl methyl sites for hydroxylation is 2. The zero-order valence-electron chi connectivity index (χ0n) is 13.8. The number of hydrogen-bond donors (Lipinski definition) is 2. The molecule has 0 aliphatic carbocycles. The number of hydrogen-bond acceptors (Lipinski definition) is 4. The maximum atomic E-state index is 12.7. The molecular weight excluding hydrogens is 320 g/mol. The number of benzene rings is 1. The van der Waals surface area contributed by atoms with Gasteiger partial charge in [-0.25, -0.2) is 0 Å². The summed E-state index contributed by atoms with van der Waals surface area (Å²) in [5.41, 5.74) is 2.39. The molecule has 2 aromatic heterocycles. The van der Waals surface area contributed by atoms with Crippen molar-refractivity contribution in [1.82, 2.24) is 9.97 Å². The minimum absolute atomic E-state index is 0.0421. The normalized spacial score (nSPS) is 16.6. The summed E-state index contributed by atoms with van der Waals surface area (Å²) < 4.78 is 5.22. The molecule has 3 heterocycles. The lowest BCUT2D eigenvalue weighted by Gasteiger charge is -2.23. The maximum Gasteiger partial charge on any atom is 0.312 e. The van der Waals surface area contributed by atoms with Gasteiger partial charge in [0, 0.05) is 23.2 Å². The molecule has 1 atom stereocenters. The second-order valence-electron chi connectivity index (χ2n) is 6.38. The highest BCUT2D eigenvalue weighted by Gasteiger charge is 2.33. The first kappa shape index (κ1) is 15.4. The number of H-pyrrole nitrogens is 2. The van der Waals surface area contributed by atoms with Gasteiger partial charge in [-0.3, -0.25) is 14.4 Å². The maximum absolute atomic E-state index is 12.7. The standard InChI is InChI=1S/C19H16N2O4/c1-9-4-3-5-11-7-13(18(23)21-17(9)11)12-8-15(22)25-14-6-10(2)20-19(24)16(12)14/h3-7,12H,8H2,1-2H3,(H,20,24)(H,21,23). The molecule has 0 bridgehead atoms. The zero-order chi connectivity index (χ0) is 17.7. The third-order valence-corrected chi connectivity index (χ3v) is 4.60. The number of ether oxygens (including phenoxy) is 1. The Morgan fingerprint density at radius 3 is 2.64 bits per heavy atom. The van der Waals surface area contributed by atoms with E-state index >= 15 is 0 Å². The van der Waals surface area contributed by atoms with E-state index in [4.69, 9.17) is 4.74 Å². The number of rotatable bonds is 1. The van der Waals surface area contributed by atoms with Crippen LogP contribution in [0.1, 0.15) is 34.7 Å². The number of carbonyl (C=O) groups excluding carboxylic acids is 1. The fourth-order valence-corrected chi connectivity index (χ4v) is 3.44. The van der Waals surface area contributed by atoms with Gasteiger partial charge in [-0.1, -0.05) is 18.2 Å². The van der Waals surface area contributed by atoms with Crippen LogP contribution in [-0.2, 0) is 4.79 Å². The Bertz CT molecular complexity index is 1140. The minimum atomic E-state index is -0.630. The number of aromatic nitrogens is 2. The summed E-state index contributed by atoms with van der Waals surface area (Å²) in [7, 11) is 0. The van der Waals surface area contributed by atoms with Gasteiger partial charge in [0.05, 0.1) is 17.5 Å². The average Bonchev–Trinajstić information content (AvgIpc) is 2.53. The van der Waals surface area contributed by atoms with Crippen molar-refractivity contribution in [2.45, 2.75) is 26.2 Å². The molecule has 0 spiro atoms. The Morgan fingerprint density at radius 1 is 1.04 bits per heavy atom. The van der Waals surface area contributed by atoms with Crippen LogP contribution in [0.5, 0.6) is 5.75 Å². The summed E-state index contributed by atoms with van der Waals surface area (Å²) in [6.07, 6.45) is -0.0421. The monoisotopic (exact) mass is 336 g/mol. The van der Waals surface area contributed by atoms with Gasteiger partial charge in [0.2, 0.25) is 0 Å². The molecule has 4 rings (SSSR count). The third kappa shape index (κ3) is 2.46. The molecule has 6 nitrogen and oxygen atoms in total. The lowest BCUT2D eigenvalue weighted by molar-refractivity contribution is -0.135. The number of carbonyl (C=O) groups is 1. The summed E-state index contributed by atoms with van der Waals surface area (Å²) in [5, 5.41) is 0.860. The number of esters is 1. The van der Waals surface area contributed by atoms with Crippen LogP contribution in [0.25, 0.3) is 10.9 Å². The van der Waals surface area contributed by atoms with Crippen molar-refractivity contribution in [2.24, 2.45) is 0 Å². The molecule has 0 saturated carbocycles. The third-order valence-electron chi connectivity index (χ3n) is 4.60. The first-order valence-electron chi connectivity index (χ1n) is 8.01. The van der Waals surface area contributed by atoms with Crippen molar-refractivity contribution >= 4 is 16.9 Å². The number of aromatic amines is 2. The molecule has 6 heteroatoms. The summed E-state index contributed by atoms with van der Waals surface area (Å²) >= 11 is 0. The van der Waals surface area contributed by atoms with E-state index in [1.807, 2.05) is 25.1 Å². The first-order chi connectivity index (χ1) is 11.9. The predicted octanol–water partition coefficient (Wildman–Crippen LogP) is 2.27. The van der Waals surface area contributed by atoms with E-state index in [1.54, 1.807) is 19.1 Å². The Labute approximate surface area is 142 Å². The van der Waals surface area contributed by atoms with Gasteiger partial charge in [-0.05, 0) is 30.9 Å². The van der Waals surface area contributed by atoms with Gasteiger partial charge in [0.15, 0.2) is 0 Å². The van der Waals surface area contributed by atoms with Crippen LogP contribution < -0.4 is 15.9 Å². The second kappa shape index (κ2) is 5.44. The highest BCUT2D eigenvalue weighted by Crippen LogP contribution is 2.35. The van der Waals surface area contributed by atoms with Gasteiger partial charge in [0.1, 0.15) is 5.75 Å². The van der Waals surface area contributed by atoms with E-state index < -0.39 is 11.9 Å².